The highest BCUT2D eigenvalue weighted by molar-refractivity contribution is 4.91. The second kappa shape index (κ2) is 4.37. The Balaban J connectivity index is 1.96. The van der Waals surface area contributed by atoms with Crippen LogP contribution in [0.1, 0.15) is 13.8 Å². The third-order valence-corrected chi connectivity index (χ3v) is 3.52. The molecular weight excluding hydrogens is 194 g/mol. The van der Waals surface area contributed by atoms with Crippen molar-refractivity contribution in [2.75, 3.05) is 39.6 Å². The molecule has 2 heterocycles. The Kier molecular flexibility index (Phi) is 3.30. The Hall–Kier alpha value is -0.160. The van der Waals surface area contributed by atoms with Gasteiger partial charge in [0.25, 0.3) is 0 Å². The fourth-order valence-corrected chi connectivity index (χ4v) is 2.36. The first-order chi connectivity index (χ1) is 7.17. The highest BCUT2D eigenvalue weighted by Gasteiger charge is 2.42. The Morgan fingerprint density at radius 1 is 1.20 bits per heavy atom. The third-order valence-electron chi connectivity index (χ3n) is 3.52. The number of ether oxygens (including phenoxy) is 2. The van der Waals surface area contributed by atoms with E-state index in [2.05, 4.69) is 18.7 Å². The van der Waals surface area contributed by atoms with Gasteiger partial charge in [0, 0.05) is 18.6 Å². The lowest BCUT2D eigenvalue weighted by Crippen LogP contribution is -2.59. The van der Waals surface area contributed by atoms with E-state index < -0.39 is 0 Å². The van der Waals surface area contributed by atoms with Crippen molar-refractivity contribution < 1.29 is 14.6 Å². The van der Waals surface area contributed by atoms with E-state index in [9.17, 15) is 5.11 Å². The summed E-state index contributed by atoms with van der Waals surface area (Å²) in [6, 6.07) is 0.885. The molecule has 0 saturated carbocycles. The Labute approximate surface area is 91.2 Å². The van der Waals surface area contributed by atoms with Gasteiger partial charge in [0.1, 0.15) is 0 Å². The molecule has 0 aliphatic carbocycles. The van der Waals surface area contributed by atoms with Crippen molar-refractivity contribution in [2.24, 2.45) is 5.41 Å². The van der Waals surface area contributed by atoms with Crippen LogP contribution in [0.15, 0.2) is 0 Å². The quantitative estimate of drug-likeness (QED) is 0.725. The number of aliphatic hydroxyl groups is 1. The molecule has 0 bridgehead atoms. The lowest BCUT2D eigenvalue weighted by atomic mass is 9.85. The van der Waals surface area contributed by atoms with E-state index in [1.54, 1.807) is 0 Å². The first-order valence-corrected chi connectivity index (χ1v) is 5.69. The summed E-state index contributed by atoms with van der Waals surface area (Å²) in [5, 5.41) is 9.40. The molecule has 1 N–H and O–H groups in total. The van der Waals surface area contributed by atoms with Crippen LogP contribution in [-0.4, -0.2) is 61.7 Å². The zero-order valence-electron chi connectivity index (χ0n) is 9.61. The van der Waals surface area contributed by atoms with Crippen LogP contribution in [0.4, 0.5) is 0 Å². The third kappa shape index (κ3) is 2.18. The van der Waals surface area contributed by atoms with Crippen molar-refractivity contribution in [3.8, 4) is 0 Å². The van der Waals surface area contributed by atoms with E-state index >= 15 is 0 Å². The monoisotopic (exact) mass is 215 g/mol. The van der Waals surface area contributed by atoms with Gasteiger partial charge in [0.2, 0.25) is 0 Å². The number of hydrogen-bond acceptors (Lipinski definition) is 4. The largest absolute Gasteiger partial charge is 0.396 e. The maximum absolute atomic E-state index is 9.40. The molecule has 0 spiro atoms. The van der Waals surface area contributed by atoms with Gasteiger partial charge in [0.05, 0.1) is 38.4 Å². The molecule has 0 amide bonds. The fraction of sp³-hybridized carbons (Fsp3) is 1.00. The Morgan fingerprint density at radius 3 is 2.20 bits per heavy atom. The van der Waals surface area contributed by atoms with Gasteiger partial charge in [-0.15, -0.1) is 0 Å². The number of nitrogens with zero attached hydrogens (tertiary/aromatic N) is 1. The first-order valence-electron chi connectivity index (χ1n) is 5.69. The molecule has 0 radical (unpaired) electrons. The zero-order chi connectivity index (χ0) is 10.9. The number of morpholine rings is 1. The summed E-state index contributed by atoms with van der Waals surface area (Å²) < 4.78 is 10.7. The van der Waals surface area contributed by atoms with Gasteiger partial charge < -0.3 is 14.6 Å². The molecule has 2 aliphatic rings. The van der Waals surface area contributed by atoms with Crippen LogP contribution >= 0.6 is 0 Å². The molecule has 0 aromatic carbocycles. The highest BCUT2D eigenvalue weighted by atomic mass is 16.5. The van der Waals surface area contributed by atoms with E-state index in [0.29, 0.717) is 25.3 Å². The minimum Gasteiger partial charge on any atom is -0.396 e. The van der Waals surface area contributed by atoms with E-state index in [1.165, 1.54) is 0 Å². The number of rotatable bonds is 3. The molecule has 0 aromatic heterocycles. The van der Waals surface area contributed by atoms with Crippen LogP contribution in [-0.2, 0) is 9.47 Å². The maximum atomic E-state index is 9.40. The van der Waals surface area contributed by atoms with Gasteiger partial charge in [-0.25, -0.2) is 0 Å². The molecule has 2 fully saturated rings. The van der Waals surface area contributed by atoms with E-state index in [-0.39, 0.29) is 12.0 Å². The van der Waals surface area contributed by atoms with Crippen molar-refractivity contribution in [2.45, 2.75) is 25.9 Å². The average molecular weight is 215 g/mol. The lowest BCUT2D eigenvalue weighted by molar-refractivity contribution is -0.166. The van der Waals surface area contributed by atoms with Gasteiger partial charge in [-0.1, -0.05) is 0 Å². The van der Waals surface area contributed by atoms with Crippen LogP contribution in [0.25, 0.3) is 0 Å². The van der Waals surface area contributed by atoms with Gasteiger partial charge in [-0.2, -0.15) is 0 Å². The standard InChI is InChI=1S/C11H21NO3/c1-9-3-14-4-10(2)12(9)5-11(6-13)7-15-8-11/h9-10,13H,3-8H2,1-2H3. The Morgan fingerprint density at radius 2 is 1.80 bits per heavy atom. The molecule has 2 aliphatic heterocycles. The molecule has 88 valence electrons. The molecule has 4 nitrogen and oxygen atoms in total. The summed E-state index contributed by atoms with van der Waals surface area (Å²) in [5.74, 6) is 0. The summed E-state index contributed by atoms with van der Waals surface area (Å²) in [6.07, 6.45) is 0. The average Bonchev–Trinajstić information content (AvgIpc) is 2.15. The highest BCUT2D eigenvalue weighted by Crippen LogP contribution is 2.30. The topological polar surface area (TPSA) is 41.9 Å². The normalized spacial score (nSPS) is 36.2. The van der Waals surface area contributed by atoms with Crippen LogP contribution in [0.5, 0.6) is 0 Å². The van der Waals surface area contributed by atoms with Crippen LogP contribution < -0.4 is 0 Å². The summed E-state index contributed by atoms with van der Waals surface area (Å²) in [4.78, 5) is 2.43. The van der Waals surface area contributed by atoms with E-state index in [4.69, 9.17) is 9.47 Å². The fourth-order valence-electron chi connectivity index (χ4n) is 2.36. The second-order valence-electron chi connectivity index (χ2n) is 5.06. The van der Waals surface area contributed by atoms with Gasteiger partial charge in [-0.05, 0) is 13.8 Å². The van der Waals surface area contributed by atoms with Crippen LogP contribution in [0.2, 0.25) is 0 Å². The minimum atomic E-state index is -0.0140. The molecule has 4 heteroatoms. The summed E-state index contributed by atoms with van der Waals surface area (Å²) in [7, 11) is 0. The maximum Gasteiger partial charge on any atom is 0.0620 e. The van der Waals surface area contributed by atoms with E-state index in [1.807, 2.05) is 0 Å². The van der Waals surface area contributed by atoms with Crippen molar-refractivity contribution in [1.29, 1.82) is 0 Å². The number of aliphatic hydroxyl groups excluding tert-OH is 1. The van der Waals surface area contributed by atoms with Crippen LogP contribution in [0, 0.1) is 5.41 Å². The number of hydrogen-bond donors (Lipinski definition) is 1. The van der Waals surface area contributed by atoms with Gasteiger partial charge in [-0.3, -0.25) is 4.90 Å². The summed E-state index contributed by atoms with van der Waals surface area (Å²) in [6.45, 7) is 8.50. The predicted molar refractivity (Wildman–Crippen MR) is 56.8 cm³/mol. The molecule has 15 heavy (non-hydrogen) atoms. The summed E-state index contributed by atoms with van der Waals surface area (Å²) in [5.41, 5.74) is -0.0140. The van der Waals surface area contributed by atoms with Crippen molar-refractivity contribution in [3.05, 3.63) is 0 Å². The van der Waals surface area contributed by atoms with Crippen molar-refractivity contribution in [3.63, 3.8) is 0 Å². The van der Waals surface area contributed by atoms with Gasteiger partial charge in [0.15, 0.2) is 0 Å². The molecule has 0 aromatic rings. The zero-order valence-corrected chi connectivity index (χ0v) is 9.61. The molecule has 2 rings (SSSR count). The lowest BCUT2D eigenvalue weighted by Gasteiger charge is -2.48. The molecular formula is C11H21NO3. The van der Waals surface area contributed by atoms with Crippen LogP contribution in [0.3, 0.4) is 0 Å². The molecule has 2 saturated heterocycles. The molecule has 2 unspecified atom stereocenters. The SMILES string of the molecule is CC1COCC(C)N1CC1(CO)COC1. The minimum absolute atomic E-state index is 0.0140. The van der Waals surface area contributed by atoms with E-state index in [0.717, 1.165) is 19.8 Å². The van der Waals surface area contributed by atoms with Gasteiger partial charge >= 0.3 is 0 Å². The molecule has 2 atom stereocenters. The first kappa shape index (κ1) is 11.3. The second-order valence-corrected chi connectivity index (χ2v) is 5.06. The van der Waals surface area contributed by atoms with Crippen molar-refractivity contribution >= 4 is 0 Å². The smallest absolute Gasteiger partial charge is 0.0620 e. The van der Waals surface area contributed by atoms with Crippen molar-refractivity contribution in [1.82, 2.24) is 4.90 Å². The Bertz CT molecular complexity index is 202. The predicted octanol–water partition coefficient (Wildman–Crippen LogP) is 0.104. The summed E-state index contributed by atoms with van der Waals surface area (Å²) >= 11 is 0.